The maximum atomic E-state index is 6.78. The predicted octanol–water partition coefficient (Wildman–Crippen LogP) is 11.7. The third-order valence-corrected chi connectivity index (χ3v) is 10.6. The van der Waals surface area contributed by atoms with Crippen LogP contribution in [-0.2, 0) is 0 Å². The molecule has 6 aromatic rings. The quantitative estimate of drug-likeness (QED) is 0.0665. The average molecular weight is 827 g/mol. The maximum Gasteiger partial charge on any atom is 0.204 e. The highest BCUT2D eigenvalue weighted by Gasteiger charge is 2.32. The topological polar surface area (TPSA) is 104 Å². The van der Waals surface area contributed by atoms with E-state index in [0.29, 0.717) is 12.8 Å². The Labute approximate surface area is 363 Å². The molecule has 0 heterocycles. The van der Waals surface area contributed by atoms with Gasteiger partial charge in [-0.1, -0.05) is 36.4 Å². The van der Waals surface area contributed by atoms with Crippen LogP contribution >= 0.6 is 0 Å². The van der Waals surface area contributed by atoms with Crippen molar-refractivity contribution in [3.63, 3.8) is 0 Å². The third kappa shape index (κ3) is 10.2. The molecule has 0 saturated heterocycles. The van der Waals surface area contributed by atoms with Crippen LogP contribution in [0.2, 0.25) is 0 Å². The number of benzene rings is 6. The van der Waals surface area contributed by atoms with Crippen LogP contribution in [0.3, 0.4) is 0 Å². The Balaban J connectivity index is 0.962. The van der Waals surface area contributed by atoms with Gasteiger partial charge in [0, 0.05) is 47.0 Å². The van der Waals surface area contributed by atoms with E-state index in [9.17, 15) is 0 Å². The van der Waals surface area contributed by atoms with E-state index in [1.807, 2.05) is 133 Å². The second-order valence-electron chi connectivity index (χ2n) is 14.8. The van der Waals surface area contributed by atoms with E-state index in [4.69, 9.17) is 28.4 Å². The summed E-state index contributed by atoms with van der Waals surface area (Å²) in [4.78, 5) is 0. The molecule has 314 valence electrons. The van der Waals surface area contributed by atoms with Crippen molar-refractivity contribution in [1.82, 2.24) is 0 Å². The van der Waals surface area contributed by atoms with E-state index in [1.165, 1.54) is 0 Å². The first kappa shape index (κ1) is 41.0. The van der Waals surface area contributed by atoms with Crippen LogP contribution in [0.1, 0.15) is 12.8 Å². The monoisotopic (exact) mass is 826 g/mol. The molecule has 0 aliphatic heterocycles. The summed E-state index contributed by atoms with van der Waals surface area (Å²) in [7, 11) is 6.65. The zero-order chi connectivity index (χ0) is 42.8. The van der Waals surface area contributed by atoms with Crippen molar-refractivity contribution < 1.29 is 28.4 Å². The largest absolute Gasteiger partial charge is 0.497 e. The number of ether oxygens (including phenoxy) is 6. The van der Waals surface area contributed by atoms with E-state index in [-0.39, 0.29) is 0 Å². The van der Waals surface area contributed by atoms with Crippen LogP contribution in [-0.4, -0.2) is 39.9 Å². The highest BCUT2D eigenvalue weighted by molar-refractivity contribution is 5.65. The van der Waals surface area contributed by atoms with Gasteiger partial charge in [-0.3, -0.25) is 0 Å². The van der Waals surface area contributed by atoms with Crippen LogP contribution in [0.5, 0.6) is 34.5 Å². The van der Waals surface area contributed by atoms with Crippen molar-refractivity contribution in [2.75, 3.05) is 49.7 Å². The summed E-state index contributed by atoms with van der Waals surface area (Å²) in [6.45, 7) is 0. The van der Waals surface area contributed by atoms with Gasteiger partial charge in [-0.25, -0.2) is 0 Å². The molecule has 2 atom stereocenters. The molecule has 0 amide bonds. The van der Waals surface area contributed by atoms with Crippen LogP contribution < -0.4 is 49.7 Å². The Hall–Kier alpha value is -7.72. The molecule has 4 N–H and O–H groups in total. The van der Waals surface area contributed by atoms with Gasteiger partial charge in [0.05, 0.1) is 28.4 Å². The van der Waals surface area contributed by atoms with Crippen LogP contribution in [0.4, 0.5) is 22.7 Å². The Kier molecular flexibility index (Phi) is 12.4. The van der Waals surface area contributed by atoms with E-state index in [0.717, 1.165) is 79.8 Å². The summed E-state index contributed by atoms with van der Waals surface area (Å²) in [5.74, 6) is 4.64. The number of rotatable bonds is 17. The lowest BCUT2D eigenvalue weighted by Crippen LogP contribution is -2.43. The Morgan fingerprint density at radius 3 is 0.919 bits per heavy atom. The molecule has 6 aromatic carbocycles. The molecule has 10 heteroatoms. The smallest absolute Gasteiger partial charge is 0.204 e. The minimum absolute atomic E-state index is 0.567. The average Bonchev–Trinajstić information content (AvgIpc) is 3.32. The molecule has 0 radical (unpaired) electrons. The van der Waals surface area contributed by atoms with Crippen molar-refractivity contribution in [2.45, 2.75) is 24.3 Å². The molecule has 0 spiro atoms. The van der Waals surface area contributed by atoms with E-state index < -0.39 is 11.4 Å². The van der Waals surface area contributed by atoms with Gasteiger partial charge >= 0.3 is 0 Å². The first-order chi connectivity index (χ1) is 30.3. The van der Waals surface area contributed by atoms with Crippen molar-refractivity contribution in [2.24, 2.45) is 0 Å². The first-order valence-electron chi connectivity index (χ1n) is 20.4. The molecule has 10 nitrogen and oxygen atoms in total. The molecular formula is C52H50N4O6. The minimum atomic E-state index is -0.842. The summed E-state index contributed by atoms with van der Waals surface area (Å²) in [5.41, 5.74) is 6.09. The summed E-state index contributed by atoms with van der Waals surface area (Å²) in [6.07, 6.45) is 13.6. The second-order valence-corrected chi connectivity index (χ2v) is 14.8. The first-order valence-corrected chi connectivity index (χ1v) is 20.4. The van der Waals surface area contributed by atoms with Gasteiger partial charge < -0.3 is 49.7 Å². The van der Waals surface area contributed by atoms with Crippen molar-refractivity contribution in [3.8, 4) is 45.6 Å². The van der Waals surface area contributed by atoms with Gasteiger partial charge in [0.25, 0.3) is 0 Å². The number of hydrogen-bond acceptors (Lipinski definition) is 10. The number of allylic oxidation sites excluding steroid dienone is 2. The summed E-state index contributed by atoms with van der Waals surface area (Å²) < 4.78 is 35.0. The minimum Gasteiger partial charge on any atom is -0.497 e. The predicted molar refractivity (Wildman–Crippen MR) is 249 cm³/mol. The second kappa shape index (κ2) is 18.7. The SMILES string of the molecule is COc1ccc(NC2=CCC(Nc3ccc(OC)cc3)(Oc3ccc(-c4ccc(OC5(Nc6ccc(OC)cc6)C=CC(Nc6ccc(OC)cc6)=CC5)cc4)cc3)C=C2)cc1. The zero-order valence-electron chi connectivity index (χ0n) is 35.2. The van der Waals surface area contributed by atoms with Crippen LogP contribution in [0.25, 0.3) is 11.1 Å². The highest BCUT2D eigenvalue weighted by Crippen LogP contribution is 2.35. The van der Waals surface area contributed by atoms with Crippen molar-refractivity contribution >= 4 is 22.7 Å². The normalized spacial score (nSPS) is 17.7. The van der Waals surface area contributed by atoms with Gasteiger partial charge in [0.15, 0.2) is 0 Å². The van der Waals surface area contributed by atoms with Crippen molar-refractivity contribution in [3.05, 3.63) is 193 Å². The lowest BCUT2D eigenvalue weighted by molar-refractivity contribution is 0.151. The molecule has 2 unspecified atom stereocenters. The summed E-state index contributed by atoms with van der Waals surface area (Å²) in [6, 6.07) is 47.7. The van der Waals surface area contributed by atoms with Gasteiger partial charge in [-0.05, 0) is 157 Å². The summed E-state index contributed by atoms with van der Waals surface area (Å²) >= 11 is 0. The Bertz CT molecular complexity index is 2350. The fourth-order valence-electron chi connectivity index (χ4n) is 7.19. The molecule has 2 aliphatic carbocycles. The maximum absolute atomic E-state index is 6.78. The number of hydrogen-bond donors (Lipinski definition) is 4. The molecule has 0 fully saturated rings. The number of methoxy groups -OCH3 is 4. The van der Waals surface area contributed by atoms with Gasteiger partial charge in [-0.15, -0.1) is 0 Å². The molecule has 62 heavy (non-hydrogen) atoms. The lowest BCUT2D eigenvalue weighted by Gasteiger charge is -2.35. The Morgan fingerprint density at radius 1 is 0.355 bits per heavy atom. The van der Waals surface area contributed by atoms with Gasteiger partial charge in [0.1, 0.15) is 34.5 Å². The Morgan fingerprint density at radius 2 is 0.645 bits per heavy atom. The molecular weight excluding hydrogens is 777 g/mol. The molecule has 0 aromatic heterocycles. The van der Waals surface area contributed by atoms with Gasteiger partial charge in [0.2, 0.25) is 11.4 Å². The fraction of sp³-hybridized carbons (Fsp3) is 0.154. The van der Waals surface area contributed by atoms with E-state index in [1.54, 1.807) is 28.4 Å². The zero-order valence-corrected chi connectivity index (χ0v) is 35.2. The summed E-state index contributed by atoms with van der Waals surface area (Å²) in [5, 5.41) is 14.2. The van der Waals surface area contributed by atoms with Crippen molar-refractivity contribution in [1.29, 1.82) is 0 Å². The molecule has 0 saturated carbocycles. The lowest BCUT2D eigenvalue weighted by atomic mass is 10.0. The van der Waals surface area contributed by atoms with Crippen LogP contribution in [0, 0.1) is 0 Å². The highest BCUT2D eigenvalue weighted by atomic mass is 16.5. The fourth-order valence-corrected chi connectivity index (χ4v) is 7.19. The van der Waals surface area contributed by atoms with E-state index >= 15 is 0 Å². The van der Waals surface area contributed by atoms with Crippen LogP contribution in [0.15, 0.2) is 193 Å². The third-order valence-electron chi connectivity index (χ3n) is 10.6. The van der Waals surface area contributed by atoms with E-state index in [2.05, 4.69) is 69.8 Å². The molecule has 0 bridgehead atoms. The number of anilines is 4. The number of nitrogens with one attached hydrogen (secondary N) is 4. The molecule has 8 rings (SSSR count). The standard InChI is InChI=1S/C52H50N4O6/c1-57-45-21-9-39(10-22-45)53-41-29-33-51(34-30-41,55-43-13-25-47(59-3)26-14-43)61-49-17-5-37(6-18-49)38-7-19-50(20-8-38)62-52(56-44-15-27-48(60-4)28-16-44)35-31-42(32-36-52)54-40-11-23-46(58-2)24-12-40/h5-33,35,53-56H,34,36H2,1-4H3. The van der Waals surface area contributed by atoms with Gasteiger partial charge in [-0.2, -0.15) is 0 Å². The molecule has 2 aliphatic rings.